The zero-order valence-corrected chi connectivity index (χ0v) is 16.4. The first-order valence-corrected chi connectivity index (χ1v) is 10.8. The number of hydrogen-bond acceptors (Lipinski definition) is 6. The molecule has 1 aromatic carbocycles. The van der Waals surface area contributed by atoms with E-state index in [9.17, 15) is 4.79 Å². The minimum atomic E-state index is -0.276. The van der Waals surface area contributed by atoms with Crippen LogP contribution in [-0.2, 0) is 6.54 Å². The molecule has 0 saturated carbocycles. The van der Waals surface area contributed by atoms with E-state index in [1.54, 1.807) is 23.9 Å². The maximum Gasteiger partial charge on any atom is 0.289 e. The van der Waals surface area contributed by atoms with Gasteiger partial charge in [0.15, 0.2) is 16.3 Å². The van der Waals surface area contributed by atoms with Crippen LogP contribution in [0.2, 0.25) is 4.34 Å². The largest absolute Gasteiger partial charge is 0.454 e. The smallest absolute Gasteiger partial charge is 0.289 e. The van der Waals surface area contributed by atoms with E-state index in [1.165, 1.54) is 22.7 Å². The van der Waals surface area contributed by atoms with Crippen molar-refractivity contribution in [3.8, 4) is 11.5 Å². The average Bonchev–Trinajstić information content (AvgIpc) is 3.29. The summed E-state index contributed by atoms with van der Waals surface area (Å²) in [6.45, 7) is 1.00. The van der Waals surface area contributed by atoms with Crippen molar-refractivity contribution in [3.63, 3.8) is 0 Å². The highest BCUT2D eigenvalue weighted by Crippen LogP contribution is 2.37. The molecule has 9 heteroatoms. The van der Waals surface area contributed by atoms with Gasteiger partial charge in [0.1, 0.15) is 0 Å². The van der Waals surface area contributed by atoms with Gasteiger partial charge < -0.3 is 14.0 Å². The summed E-state index contributed by atoms with van der Waals surface area (Å²) in [4.78, 5) is 18.0. The second-order valence-electron chi connectivity index (χ2n) is 5.22. The van der Waals surface area contributed by atoms with Crippen molar-refractivity contribution in [2.75, 3.05) is 18.8 Å². The zero-order chi connectivity index (χ0) is 17.4. The second-order valence-corrected chi connectivity index (χ2v) is 8.93. The maximum atomic E-state index is 12.5. The van der Waals surface area contributed by atoms with Crippen LogP contribution in [0.5, 0.6) is 11.5 Å². The van der Waals surface area contributed by atoms with Gasteiger partial charge in [-0.25, -0.2) is 0 Å². The number of hydrogen-bond donors (Lipinski definition) is 0. The molecule has 3 heterocycles. The number of carbonyl (C=O) groups excluding carboxylic acids is 1. The van der Waals surface area contributed by atoms with Crippen molar-refractivity contribution in [1.82, 2.24) is 4.57 Å². The molecule has 1 aliphatic rings. The third kappa shape index (κ3) is 3.31. The molecule has 3 aromatic rings. The summed E-state index contributed by atoms with van der Waals surface area (Å²) in [5.41, 5.74) is 0.999. The van der Waals surface area contributed by atoms with Crippen LogP contribution in [0.4, 0.5) is 0 Å². The van der Waals surface area contributed by atoms with Gasteiger partial charge in [-0.05, 0) is 18.4 Å². The van der Waals surface area contributed by atoms with Gasteiger partial charge in [-0.1, -0.05) is 22.9 Å². The number of thiophene rings is 1. The summed E-state index contributed by atoms with van der Waals surface area (Å²) < 4.78 is 14.6. The number of halogens is 1. The predicted molar refractivity (Wildman–Crippen MR) is 104 cm³/mol. The van der Waals surface area contributed by atoms with E-state index in [4.69, 9.17) is 21.1 Å². The number of thiazole rings is 1. The number of fused-ring (bicyclic) bond motifs is 2. The Kier molecular flexibility index (Phi) is 4.77. The molecule has 0 atom stereocenters. The molecule has 0 N–H and O–H groups in total. The SMILES string of the molecule is CSCCn1c(=NC(=O)c2ccc(Cl)s2)sc2cc3c(cc21)OCO3. The molecule has 4 rings (SSSR count). The number of aromatic nitrogens is 1. The number of aryl methyl sites for hydroxylation is 1. The van der Waals surface area contributed by atoms with Gasteiger partial charge in [0.05, 0.1) is 19.4 Å². The number of benzene rings is 1. The molecule has 0 unspecified atom stereocenters. The van der Waals surface area contributed by atoms with Crippen molar-refractivity contribution in [2.45, 2.75) is 6.54 Å². The molecule has 0 spiro atoms. The predicted octanol–water partition coefficient (Wildman–Crippen LogP) is 4.25. The molecule has 5 nitrogen and oxygen atoms in total. The second kappa shape index (κ2) is 7.03. The van der Waals surface area contributed by atoms with Gasteiger partial charge in [0.25, 0.3) is 5.91 Å². The molecular formula is C16H13ClN2O3S3. The minimum Gasteiger partial charge on any atom is -0.454 e. The van der Waals surface area contributed by atoms with Gasteiger partial charge >= 0.3 is 0 Å². The minimum absolute atomic E-state index is 0.242. The lowest BCUT2D eigenvalue weighted by Gasteiger charge is -2.04. The van der Waals surface area contributed by atoms with Crippen LogP contribution < -0.4 is 14.3 Å². The van der Waals surface area contributed by atoms with Crippen molar-refractivity contribution in [1.29, 1.82) is 0 Å². The average molecular weight is 413 g/mol. The summed E-state index contributed by atoms with van der Waals surface area (Å²) in [6, 6.07) is 7.32. The van der Waals surface area contributed by atoms with E-state index in [1.807, 2.05) is 12.1 Å². The van der Waals surface area contributed by atoms with Crippen molar-refractivity contribution < 1.29 is 14.3 Å². The zero-order valence-electron chi connectivity index (χ0n) is 13.2. The lowest BCUT2D eigenvalue weighted by molar-refractivity contribution is 0.100. The number of nitrogens with zero attached hydrogens (tertiary/aromatic N) is 2. The summed E-state index contributed by atoms with van der Waals surface area (Å²) in [5, 5.41) is 0. The van der Waals surface area contributed by atoms with Crippen molar-refractivity contribution in [3.05, 3.63) is 38.3 Å². The highest BCUT2D eigenvalue weighted by Gasteiger charge is 2.18. The molecule has 25 heavy (non-hydrogen) atoms. The summed E-state index contributed by atoms with van der Waals surface area (Å²) in [5.74, 6) is 2.10. The number of amides is 1. The van der Waals surface area contributed by atoms with Gasteiger partial charge in [0, 0.05) is 24.4 Å². The monoisotopic (exact) mass is 412 g/mol. The van der Waals surface area contributed by atoms with E-state index in [2.05, 4.69) is 15.8 Å². The number of carbonyl (C=O) groups is 1. The molecule has 130 valence electrons. The van der Waals surface area contributed by atoms with Crippen LogP contribution in [0.25, 0.3) is 10.2 Å². The first-order valence-electron chi connectivity index (χ1n) is 7.42. The fourth-order valence-corrected chi connectivity index (χ4v) is 4.87. The molecule has 0 radical (unpaired) electrons. The first-order chi connectivity index (χ1) is 12.2. The van der Waals surface area contributed by atoms with E-state index >= 15 is 0 Å². The Morgan fingerprint density at radius 1 is 1.32 bits per heavy atom. The van der Waals surface area contributed by atoms with E-state index < -0.39 is 0 Å². The Bertz CT molecular complexity index is 1020. The van der Waals surface area contributed by atoms with E-state index in [-0.39, 0.29) is 12.7 Å². The number of thioether (sulfide) groups is 1. The fraction of sp³-hybridized carbons (Fsp3) is 0.250. The normalized spacial score (nSPS) is 13.8. The molecule has 0 bridgehead atoms. The number of ether oxygens (including phenoxy) is 2. The Balaban J connectivity index is 1.84. The molecule has 1 amide bonds. The van der Waals surface area contributed by atoms with Gasteiger partial charge in [-0.15, -0.1) is 11.3 Å². The molecular weight excluding hydrogens is 400 g/mol. The Morgan fingerprint density at radius 2 is 2.12 bits per heavy atom. The number of rotatable bonds is 4. The standard InChI is InChI=1S/C16H13ClN2O3S3/c1-23-5-4-19-9-6-10-11(22-8-21-10)7-13(9)25-16(19)18-15(20)12-2-3-14(17)24-12/h2-3,6-7H,4-5,8H2,1H3. The first kappa shape index (κ1) is 17.0. The van der Waals surface area contributed by atoms with Crippen LogP contribution in [0.1, 0.15) is 9.67 Å². The third-order valence-electron chi connectivity index (χ3n) is 3.68. The fourth-order valence-electron chi connectivity index (χ4n) is 2.51. The summed E-state index contributed by atoms with van der Waals surface area (Å²) in [6.07, 6.45) is 2.05. The maximum absolute atomic E-state index is 12.5. The lowest BCUT2D eigenvalue weighted by Crippen LogP contribution is -2.18. The van der Waals surface area contributed by atoms with E-state index in [0.29, 0.717) is 14.0 Å². The van der Waals surface area contributed by atoms with Gasteiger partial charge in [-0.2, -0.15) is 16.8 Å². The summed E-state index contributed by atoms with van der Waals surface area (Å²) >= 11 is 10.4. The Labute approximate surface area is 160 Å². The van der Waals surface area contributed by atoms with Crippen LogP contribution >= 0.6 is 46.0 Å². The molecule has 2 aromatic heterocycles. The van der Waals surface area contributed by atoms with Crippen LogP contribution in [0.3, 0.4) is 0 Å². The molecule has 0 fully saturated rings. The Hall–Kier alpha value is -1.48. The highest BCUT2D eigenvalue weighted by molar-refractivity contribution is 7.98. The van der Waals surface area contributed by atoms with Crippen LogP contribution in [0, 0.1) is 0 Å². The van der Waals surface area contributed by atoms with Crippen LogP contribution in [0.15, 0.2) is 29.3 Å². The molecule has 0 aliphatic carbocycles. The lowest BCUT2D eigenvalue weighted by atomic mass is 10.3. The van der Waals surface area contributed by atoms with Crippen LogP contribution in [-0.4, -0.2) is 29.3 Å². The van der Waals surface area contributed by atoms with Gasteiger partial charge in [0.2, 0.25) is 6.79 Å². The van der Waals surface area contributed by atoms with Crippen molar-refractivity contribution >= 4 is 62.2 Å². The molecule has 0 saturated heterocycles. The van der Waals surface area contributed by atoms with Crippen molar-refractivity contribution in [2.24, 2.45) is 4.99 Å². The highest BCUT2D eigenvalue weighted by atomic mass is 35.5. The third-order valence-corrected chi connectivity index (χ3v) is 6.53. The Morgan fingerprint density at radius 3 is 2.84 bits per heavy atom. The summed E-state index contributed by atoms with van der Waals surface area (Å²) in [7, 11) is 0. The molecule has 1 aliphatic heterocycles. The van der Waals surface area contributed by atoms with E-state index in [0.717, 1.165) is 34.0 Å². The topological polar surface area (TPSA) is 52.8 Å². The van der Waals surface area contributed by atoms with Gasteiger partial charge in [-0.3, -0.25) is 4.79 Å². The quantitative estimate of drug-likeness (QED) is 0.642.